The molecule has 6 rings (SSSR count). The van der Waals surface area contributed by atoms with Crippen molar-refractivity contribution in [2.24, 2.45) is 0 Å². The van der Waals surface area contributed by atoms with E-state index in [0.717, 1.165) is 29.8 Å². The Morgan fingerprint density at radius 2 is 1.82 bits per heavy atom. The Kier molecular flexibility index (Phi) is 4.57. The molecule has 0 saturated heterocycles. The number of nitrogens with zero attached hydrogens (tertiary/aromatic N) is 5. The highest BCUT2D eigenvalue weighted by Crippen LogP contribution is 2.33. The van der Waals surface area contributed by atoms with E-state index < -0.39 is 0 Å². The monoisotopic (exact) mass is 439 g/mol. The molecule has 164 valence electrons. The van der Waals surface area contributed by atoms with E-state index in [9.17, 15) is 4.79 Å². The molecular weight excluding hydrogens is 418 g/mol. The van der Waals surface area contributed by atoms with Crippen molar-refractivity contribution in [3.63, 3.8) is 0 Å². The number of aryl methyl sites for hydroxylation is 1. The van der Waals surface area contributed by atoms with E-state index in [0.29, 0.717) is 41.5 Å². The zero-order valence-corrected chi connectivity index (χ0v) is 18.1. The second-order valence-corrected chi connectivity index (χ2v) is 7.93. The van der Waals surface area contributed by atoms with Crippen LogP contribution in [0.2, 0.25) is 0 Å². The highest BCUT2D eigenvalue weighted by molar-refractivity contribution is 5.79. The van der Waals surface area contributed by atoms with Crippen LogP contribution in [-0.2, 0) is 6.42 Å². The standard InChI is InChI=1S/C25H21N5O3/c1-2-16-4-7-18(8-5-16)29-11-10-20-19(24(29)31)15-26-25-27-23(28-30(20)25)17-6-9-21-22(14-17)33-13-3-12-32-21/h4-11,14-15H,2-3,12-13H2,1H3. The lowest BCUT2D eigenvalue weighted by molar-refractivity contribution is 0.297. The third kappa shape index (κ3) is 3.31. The molecule has 0 saturated carbocycles. The summed E-state index contributed by atoms with van der Waals surface area (Å²) in [6.45, 7) is 3.34. The SMILES string of the molecule is CCc1ccc(-n2ccc3c(cnc4nc(-c5ccc6c(c5)OCCCO6)nn43)c2=O)cc1. The first-order chi connectivity index (χ1) is 16.2. The quantitative estimate of drug-likeness (QED) is 0.425. The Morgan fingerprint density at radius 1 is 1.00 bits per heavy atom. The molecule has 0 radical (unpaired) electrons. The molecule has 0 spiro atoms. The normalized spacial score (nSPS) is 13.4. The number of ether oxygens (including phenoxy) is 2. The van der Waals surface area contributed by atoms with Crippen molar-refractivity contribution in [2.45, 2.75) is 19.8 Å². The third-order valence-corrected chi connectivity index (χ3v) is 5.86. The molecule has 5 aromatic rings. The zero-order chi connectivity index (χ0) is 22.4. The smallest absolute Gasteiger partial charge is 0.266 e. The predicted octanol–water partition coefficient (Wildman–Crippen LogP) is 3.82. The number of hydrogen-bond acceptors (Lipinski definition) is 6. The highest BCUT2D eigenvalue weighted by Gasteiger charge is 2.16. The number of pyridine rings is 1. The van der Waals surface area contributed by atoms with Crippen LogP contribution < -0.4 is 15.0 Å². The van der Waals surface area contributed by atoms with Gasteiger partial charge in [0, 0.05) is 30.1 Å². The number of hydrogen-bond donors (Lipinski definition) is 0. The number of benzene rings is 2. The van der Waals surface area contributed by atoms with Crippen molar-refractivity contribution in [3.05, 3.63) is 76.8 Å². The van der Waals surface area contributed by atoms with E-state index in [1.807, 2.05) is 48.5 Å². The lowest BCUT2D eigenvalue weighted by Crippen LogP contribution is -2.18. The van der Waals surface area contributed by atoms with Crippen LogP contribution in [0.3, 0.4) is 0 Å². The molecule has 8 heteroatoms. The minimum Gasteiger partial charge on any atom is -0.490 e. The summed E-state index contributed by atoms with van der Waals surface area (Å²) < 4.78 is 14.7. The van der Waals surface area contributed by atoms with Gasteiger partial charge in [0.25, 0.3) is 11.3 Å². The molecule has 0 N–H and O–H groups in total. The van der Waals surface area contributed by atoms with Crippen LogP contribution in [0.1, 0.15) is 18.9 Å². The fraction of sp³-hybridized carbons (Fsp3) is 0.200. The van der Waals surface area contributed by atoms with E-state index >= 15 is 0 Å². The van der Waals surface area contributed by atoms with Gasteiger partial charge in [0.2, 0.25) is 0 Å². The third-order valence-electron chi connectivity index (χ3n) is 5.86. The lowest BCUT2D eigenvalue weighted by atomic mass is 10.1. The fourth-order valence-electron chi connectivity index (χ4n) is 4.04. The number of fused-ring (bicyclic) bond motifs is 4. The second-order valence-electron chi connectivity index (χ2n) is 7.93. The minimum absolute atomic E-state index is 0.154. The predicted molar refractivity (Wildman–Crippen MR) is 124 cm³/mol. The fourth-order valence-corrected chi connectivity index (χ4v) is 4.04. The maximum Gasteiger partial charge on any atom is 0.266 e. The average Bonchev–Trinajstić information content (AvgIpc) is 3.16. The summed E-state index contributed by atoms with van der Waals surface area (Å²) in [7, 11) is 0. The van der Waals surface area contributed by atoms with Crippen molar-refractivity contribution in [1.82, 2.24) is 24.1 Å². The summed E-state index contributed by atoms with van der Waals surface area (Å²) in [6.07, 6.45) is 5.12. The summed E-state index contributed by atoms with van der Waals surface area (Å²) in [4.78, 5) is 22.2. The molecule has 1 aliphatic rings. The molecule has 0 amide bonds. The van der Waals surface area contributed by atoms with E-state index in [4.69, 9.17) is 9.47 Å². The molecule has 33 heavy (non-hydrogen) atoms. The molecule has 0 aliphatic carbocycles. The molecular formula is C25H21N5O3. The van der Waals surface area contributed by atoms with E-state index in [1.165, 1.54) is 5.56 Å². The van der Waals surface area contributed by atoms with Crippen LogP contribution in [0.4, 0.5) is 0 Å². The van der Waals surface area contributed by atoms with Crippen LogP contribution in [0.15, 0.2) is 65.7 Å². The van der Waals surface area contributed by atoms with Crippen LogP contribution >= 0.6 is 0 Å². The zero-order valence-electron chi connectivity index (χ0n) is 18.1. The van der Waals surface area contributed by atoms with Crippen LogP contribution in [0.5, 0.6) is 11.5 Å². The molecule has 0 unspecified atom stereocenters. The minimum atomic E-state index is -0.154. The van der Waals surface area contributed by atoms with Gasteiger partial charge in [-0.2, -0.15) is 9.50 Å². The Hall–Kier alpha value is -4.20. The first-order valence-corrected chi connectivity index (χ1v) is 11.0. The summed E-state index contributed by atoms with van der Waals surface area (Å²) in [6, 6.07) is 15.5. The molecule has 0 fully saturated rings. The lowest BCUT2D eigenvalue weighted by Gasteiger charge is -2.08. The number of rotatable bonds is 3. The molecule has 4 heterocycles. The van der Waals surface area contributed by atoms with Gasteiger partial charge >= 0.3 is 0 Å². The Bertz CT molecular complexity index is 1550. The molecule has 1 aliphatic heterocycles. The van der Waals surface area contributed by atoms with Crippen molar-refractivity contribution >= 4 is 16.7 Å². The second kappa shape index (κ2) is 7.74. The van der Waals surface area contributed by atoms with Gasteiger partial charge < -0.3 is 9.47 Å². The maximum absolute atomic E-state index is 13.2. The van der Waals surface area contributed by atoms with E-state index in [2.05, 4.69) is 22.0 Å². The summed E-state index contributed by atoms with van der Waals surface area (Å²) in [5.41, 5.74) is 3.33. The van der Waals surface area contributed by atoms with Gasteiger partial charge in [-0.3, -0.25) is 9.36 Å². The Morgan fingerprint density at radius 3 is 2.64 bits per heavy atom. The average molecular weight is 439 g/mol. The maximum atomic E-state index is 13.2. The molecule has 2 aromatic carbocycles. The largest absolute Gasteiger partial charge is 0.490 e. The molecule has 0 atom stereocenters. The van der Waals surface area contributed by atoms with Crippen molar-refractivity contribution in [1.29, 1.82) is 0 Å². The van der Waals surface area contributed by atoms with Gasteiger partial charge in [0.15, 0.2) is 17.3 Å². The molecule has 8 nitrogen and oxygen atoms in total. The van der Waals surface area contributed by atoms with Gasteiger partial charge in [0.1, 0.15) is 0 Å². The van der Waals surface area contributed by atoms with Gasteiger partial charge in [-0.25, -0.2) is 4.98 Å². The van der Waals surface area contributed by atoms with E-state index in [1.54, 1.807) is 21.5 Å². The number of aromatic nitrogens is 5. The molecule has 0 bridgehead atoms. The van der Waals surface area contributed by atoms with Crippen LogP contribution in [-0.4, -0.2) is 37.4 Å². The summed E-state index contributed by atoms with van der Waals surface area (Å²) in [5.74, 6) is 2.33. The first-order valence-electron chi connectivity index (χ1n) is 11.0. The van der Waals surface area contributed by atoms with Gasteiger partial charge in [-0.1, -0.05) is 19.1 Å². The first kappa shape index (κ1) is 19.5. The molecule has 3 aromatic heterocycles. The summed E-state index contributed by atoms with van der Waals surface area (Å²) >= 11 is 0. The van der Waals surface area contributed by atoms with Gasteiger partial charge in [-0.15, -0.1) is 5.10 Å². The Labute approximate surface area is 189 Å². The van der Waals surface area contributed by atoms with Crippen LogP contribution in [0.25, 0.3) is 33.8 Å². The highest BCUT2D eigenvalue weighted by atomic mass is 16.5. The summed E-state index contributed by atoms with van der Waals surface area (Å²) in [5, 5.41) is 5.12. The van der Waals surface area contributed by atoms with Crippen molar-refractivity contribution in [2.75, 3.05) is 13.2 Å². The van der Waals surface area contributed by atoms with Crippen molar-refractivity contribution in [3.8, 4) is 28.6 Å². The van der Waals surface area contributed by atoms with Gasteiger partial charge in [0.05, 0.1) is 24.1 Å². The topological polar surface area (TPSA) is 83.5 Å². The Balaban J connectivity index is 1.45. The van der Waals surface area contributed by atoms with E-state index in [-0.39, 0.29) is 5.56 Å². The van der Waals surface area contributed by atoms with Gasteiger partial charge in [-0.05, 0) is 48.4 Å². The van der Waals surface area contributed by atoms with Crippen LogP contribution in [0, 0.1) is 0 Å². The van der Waals surface area contributed by atoms with Crippen molar-refractivity contribution < 1.29 is 9.47 Å².